The maximum atomic E-state index is 11.3. The summed E-state index contributed by atoms with van der Waals surface area (Å²) in [6, 6.07) is 0.534. The third kappa shape index (κ3) is 3.92. The largest absolute Gasteiger partial charge is 0.385 e. The molecule has 0 aromatic rings. The summed E-state index contributed by atoms with van der Waals surface area (Å²) in [6.07, 6.45) is 3.28. The maximum absolute atomic E-state index is 11.3. The molecule has 1 heterocycles. The van der Waals surface area contributed by atoms with Gasteiger partial charge in [0.1, 0.15) is 5.78 Å². The molecule has 2 atom stereocenters. The minimum atomic E-state index is 0.267. The Morgan fingerprint density at radius 2 is 2.33 bits per heavy atom. The normalized spacial score (nSPS) is 25.1. The molecule has 0 aromatic heterocycles. The van der Waals surface area contributed by atoms with Crippen LogP contribution in [0.4, 0.5) is 0 Å². The molecule has 0 bridgehead atoms. The molecule has 0 aromatic carbocycles. The molecule has 1 saturated heterocycles. The van der Waals surface area contributed by atoms with Gasteiger partial charge in [-0.25, -0.2) is 0 Å². The number of nitrogens with zero attached hydrogens (tertiary/aromatic N) is 1. The first-order chi connectivity index (χ1) is 7.15. The van der Waals surface area contributed by atoms with Crippen molar-refractivity contribution in [2.45, 2.75) is 39.2 Å². The second-order valence-corrected chi connectivity index (χ2v) is 4.58. The highest BCUT2D eigenvalue weighted by molar-refractivity contribution is 5.78. The van der Waals surface area contributed by atoms with Gasteiger partial charge in [0.15, 0.2) is 0 Å². The van der Waals surface area contributed by atoms with E-state index < -0.39 is 0 Å². The van der Waals surface area contributed by atoms with Crippen molar-refractivity contribution < 1.29 is 9.53 Å². The van der Waals surface area contributed by atoms with Crippen LogP contribution in [0.3, 0.4) is 0 Å². The predicted molar refractivity (Wildman–Crippen MR) is 60.9 cm³/mol. The molecule has 1 rings (SSSR count). The summed E-state index contributed by atoms with van der Waals surface area (Å²) in [4.78, 5) is 13.8. The van der Waals surface area contributed by atoms with Crippen molar-refractivity contribution in [2.24, 2.45) is 5.92 Å². The van der Waals surface area contributed by atoms with Gasteiger partial charge in [0.25, 0.3) is 0 Å². The van der Waals surface area contributed by atoms with Crippen molar-refractivity contribution in [3.8, 4) is 0 Å². The zero-order valence-electron chi connectivity index (χ0n) is 10.2. The van der Waals surface area contributed by atoms with Gasteiger partial charge in [0.2, 0.25) is 0 Å². The van der Waals surface area contributed by atoms with Gasteiger partial charge in [0, 0.05) is 32.2 Å². The Labute approximate surface area is 92.8 Å². The van der Waals surface area contributed by atoms with Gasteiger partial charge in [-0.3, -0.25) is 9.69 Å². The minimum absolute atomic E-state index is 0.267. The number of ether oxygens (including phenoxy) is 1. The van der Waals surface area contributed by atoms with Crippen LogP contribution in [0.1, 0.15) is 33.1 Å². The van der Waals surface area contributed by atoms with E-state index in [1.807, 2.05) is 0 Å². The maximum Gasteiger partial charge on any atom is 0.134 e. The van der Waals surface area contributed by atoms with Crippen LogP contribution < -0.4 is 0 Å². The fraction of sp³-hybridized carbons (Fsp3) is 0.917. The molecule has 0 aliphatic carbocycles. The molecule has 0 saturated carbocycles. The molecular formula is C12H23NO2. The Bertz CT molecular complexity index is 206. The molecule has 88 valence electrons. The fourth-order valence-electron chi connectivity index (χ4n) is 2.21. The van der Waals surface area contributed by atoms with E-state index in [9.17, 15) is 4.79 Å². The Morgan fingerprint density at radius 1 is 1.60 bits per heavy atom. The number of hydrogen-bond acceptors (Lipinski definition) is 3. The van der Waals surface area contributed by atoms with Crippen LogP contribution in [0, 0.1) is 5.92 Å². The highest BCUT2D eigenvalue weighted by Gasteiger charge is 2.25. The topological polar surface area (TPSA) is 29.5 Å². The number of rotatable bonds is 5. The van der Waals surface area contributed by atoms with Crippen LogP contribution in [-0.4, -0.2) is 43.5 Å². The van der Waals surface area contributed by atoms with E-state index in [2.05, 4.69) is 11.8 Å². The number of ketones is 1. The molecule has 0 spiro atoms. The van der Waals surface area contributed by atoms with Crippen molar-refractivity contribution in [3.63, 3.8) is 0 Å². The number of hydrogen-bond donors (Lipinski definition) is 0. The molecule has 1 aliphatic heterocycles. The van der Waals surface area contributed by atoms with E-state index in [1.54, 1.807) is 14.0 Å². The number of carbonyl (C=O) groups excluding carboxylic acids is 1. The van der Waals surface area contributed by atoms with E-state index in [1.165, 1.54) is 0 Å². The number of likely N-dealkylation sites (tertiary alicyclic amines) is 1. The minimum Gasteiger partial charge on any atom is -0.385 e. The first-order valence-electron chi connectivity index (χ1n) is 5.88. The SMILES string of the molecule is COCCC(C)N1CCCC(C(C)=O)C1. The first kappa shape index (κ1) is 12.7. The summed E-state index contributed by atoms with van der Waals surface area (Å²) < 4.78 is 5.08. The van der Waals surface area contributed by atoms with Gasteiger partial charge in [-0.05, 0) is 39.7 Å². The van der Waals surface area contributed by atoms with Crippen LogP contribution in [0.5, 0.6) is 0 Å². The lowest BCUT2D eigenvalue weighted by Crippen LogP contribution is -2.43. The second-order valence-electron chi connectivity index (χ2n) is 4.58. The highest BCUT2D eigenvalue weighted by atomic mass is 16.5. The average molecular weight is 213 g/mol. The summed E-state index contributed by atoms with van der Waals surface area (Å²) in [5.41, 5.74) is 0. The van der Waals surface area contributed by atoms with Crippen LogP contribution in [0.2, 0.25) is 0 Å². The Balaban J connectivity index is 2.37. The molecule has 2 unspecified atom stereocenters. The van der Waals surface area contributed by atoms with Crippen molar-refractivity contribution in [1.82, 2.24) is 4.90 Å². The van der Waals surface area contributed by atoms with Crippen molar-refractivity contribution in [1.29, 1.82) is 0 Å². The number of methoxy groups -OCH3 is 1. The number of piperidine rings is 1. The van der Waals surface area contributed by atoms with Crippen LogP contribution >= 0.6 is 0 Å². The van der Waals surface area contributed by atoms with Crippen molar-refractivity contribution >= 4 is 5.78 Å². The Kier molecular flexibility index (Phi) is 5.26. The lowest BCUT2D eigenvalue weighted by Gasteiger charge is -2.35. The number of Topliss-reactive ketones (excluding diaryl/α,β-unsaturated/α-hetero) is 1. The van der Waals surface area contributed by atoms with E-state index in [0.717, 1.165) is 39.0 Å². The summed E-state index contributed by atoms with van der Waals surface area (Å²) in [5, 5.41) is 0. The molecule has 0 radical (unpaired) electrons. The summed E-state index contributed by atoms with van der Waals surface area (Å²) in [6.45, 7) is 6.83. The summed E-state index contributed by atoms with van der Waals surface area (Å²) >= 11 is 0. The average Bonchev–Trinajstić information content (AvgIpc) is 2.26. The number of carbonyl (C=O) groups is 1. The Morgan fingerprint density at radius 3 is 2.93 bits per heavy atom. The van der Waals surface area contributed by atoms with Crippen molar-refractivity contribution in [2.75, 3.05) is 26.8 Å². The molecule has 0 amide bonds. The van der Waals surface area contributed by atoms with Gasteiger partial charge >= 0.3 is 0 Å². The summed E-state index contributed by atoms with van der Waals surface area (Å²) in [5.74, 6) is 0.613. The van der Waals surface area contributed by atoms with Crippen LogP contribution in [-0.2, 0) is 9.53 Å². The molecule has 3 heteroatoms. The fourth-order valence-corrected chi connectivity index (χ4v) is 2.21. The van der Waals surface area contributed by atoms with Crippen LogP contribution in [0.15, 0.2) is 0 Å². The molecule has 0 N–H and O–H groups in total. The zero-order valence-corrected chi connectivity index (χ0v) is 10.2. The van der Waals surface area contributed by atoms with Gasteiger partial charge in [0.05, 0.1) is 0 Å². The monoisotopic (exact) mass is 213 g/mol. The van der Waals surface area contributed by atoms with Gasteiger partial charge < -0.3 is 4.74 Å². The third-order valence-electron chi connectivity index (χ3n) is 3.39. The van der Waals surface area contributed by atoms with E-state index in [-0.39, 0.29) is 5.92 Å². The second kappa shape index (κ2) is 6.23. The lowest BCUT2D eigenvalue weighted by molar-refractivity contribution is -0.122. The molecule has 1 aliphatic rings. The van der Waals surface area contributed by atoms with Gasteiger partial charge in [-0.2, -0.15) is 0 Å². The van der Waals surface area contributed by atoms with Crippen molar-refractivity contribution in [3.05, 3.63) is 0 Å². The third-order valence-corrected chi connectivity index (χ3v) is 3.39. The summed E-state index contributed by atoms with van der Waals surface area (Å²) in [7, 11) is 1.74. The lowest BCUT2D eigenvalue weighted by atomic mass is 9.93. The quantitative estimate of drug-likeness (QED) is 0.696. The van der Waals surface area contributed by atoms with Gasteiger partial charge in [-0.15, -0.1) is 0 Å². The molecule has 3 nitrogen and oxygen atoms in total. The molecule has 15 heavy (non-hydrogen) atoms. The standard InChI is InChI=1S/C12H23NO2/c1-10(6-8-15-3)13-7-4-5-12(9-13)11(2)14/h10,12H,4-9H2,1-3H3. The van der Waals surface area contributed by atoms with E-state index >= 15 is 0 Å². The molecule has 1 fully saturated rings. The highest BCUT2D eigenvalue weighted by Crippen LogP contribution is 2.20. The van der Waals surface area contributed by atoms with E-state index in [4.69, 9.17) is 4.74 Å². The van der Waals surface area contributed by atoms with Gasteiger partial charge in [-0.1, -0.05) is 0 Å². The first-order valence-corrected chi connectivity index (χ1v) is 5.88. The molecular weight excluding hydrogens is 190 g/mol. The van der Waals surface area contributed by atoms with Crippen LogP contribution in [0.25, 0.3) is 0 Å². The predicted octanol–water partition coefficient (Wildman–Crippen LogP) is 1.71. The smallest absolute Gasteiger partial charge is 0.134 e. The zero-order chi connectivity index (χ0) is 11.3. The van der Waals surface area contributed by atoms with E-state index in [0.29, 0.717) is 11.8 Å². The Hall–Kier alpha value is -0.410.